The third-order valence-electron chi connectivity index (χ3n) is 5.94. The molecule has 1 fully saturated rings. The van der Waals surface area contributed by atoms with E-state index in [0.717, 1.165) is 43.6 Å². The molecule has 0 N–H and O–H groups in total. The number of nitrogens with zero attached hydrogens (tertiary/aromatic N) is 1. The Labute approximate surface area is 200 Å². The number of carbonyl (C=O) groups is 1. The van der Waals surface area contributed by atoms with Gasteiger partial charge in [0, 0.05) is 18.5 Å². The molecule has 0 spiro atoms. The molecule has 180 valence electrons. The monoisotopic (exact) mass is 467 g/mol. The number of allylic oxidation sites excluding steroid dienone is 1. The Morgan fingerprint density at radius 3 is 2.15 bits per heavy atom. The second-order valence-electron chi connectivity index (χ2n) is 8.33. The highest BCUT2D eigenvalue weighted by Gasteiger charge is 2.21. The van der Waals surface area contributed by atoms with Gasteiger partial charge in [-0.2, -0.15) is 0 Å². The number of terminal acetylenes is 1. The fraction of sp³-hybridized carbons (Fsp3) is 0.393. The van der Waals surface area contributed by atoms with Gasteiger partial charge in [0.2, 0.25) is 0 Å². The zero-order chi connectivity index (χ0) is 24.3. The number of rotatable bonds is 10. The van der Waals surface area contributed by atoms with E-state index in [0.29, 0.717) is 18.8 Å². The summed E-state index contributed by atoms with van der Waals surface area (Å²) >= 11 is 0. The zero-order valence-corrected chi connectivity index (χ0v) is 19.5. The Morgan fingerprint density at radius 2 is 1.65 bits per heavy atom. The van der Waals surface area contributed by atoms with Crippen LogP contribution in [-0.4, -0.2) is 43.7 Å². The van der Waals surface area contributed by atoms with Gasteiger partial charge in [-0.1, -0.05) is 30.3 Å². The van der Waals surface area contributed by atoms with Crippen molar-refractivity contribution in [1.29, 1.82) is 0 Å². The van der Waals surface area contributed by atoms with Crippen LogP contribution < -0.4 is 0 Å². The number of likely N-dealkylation sites (tertiary alicyclic amines) is 1. The lowest BCUT2D eigenvalue weighted by Crippen LogP contribution is -2.36. The number of esters is 1. The molecule has 1 heterocycles. The minimum Gasteiger partial charge on any atom is -0.463 e. The van der Waals surface area contributed by atoms with Gasteiger partial charge in [0.1, 0.15) is 17.7 Å². The smallest absolute Gasteiger partial charge is 0.334 e. The first-order chi connectivity index (χ1) is 16.5. The summed E-state index contributed by atoms with van der Waals surface area (Å²) in [7, 11) is 0. The highest BCUT2D eigenvalue weighted by molar-refractivity contribution is 5.89. The molecule has 0 saturated carbocycles. The van der Waals surface area contributed by atoms with Gasteiger partial charge in [0.25, 0.3) is 0 Å². The average Bonchev–Trinajstić information content (AvgIpc) is 2.84. The molecule has 4 nitrogen and oxygen atoms in total. The minimum atomic E-state index is -0.405. The van der Waals surface area contributed by atoms with E-state index in [4.69, 9.17) is 15.9 Å². The van der Waals surface area contributed by atoms with E-state index in [1.54, 1.807) is 31.2 Å². The average molecular weight is 468 g/mol. The Hall–Kier alpha value is -3.01. The van der Waals surface area contributed by atoms with Crippen LogP contribution in [0.2, 0.25) is 0 Å². The molecule has 3 rings (SSSR count). The maximum Gasteiger partial charge on any atom is 0.334 e. The number of carbonyl (C=O) groups excluding carboxylic acids is 1. The topological polar surface area (TPSA) is 38.8 Å². The van der Waals surface area contributed by atoms with E-state index in [9.17, 15) is 13.6 Å². The summed E-state index contributed by atoms with van der Waals surface area (Å²) in [5.41, 5.74) is 2.20. The van der Waals surface area contributed by atoms with Gasteiger partial charge >= 0.3 is 5.97 Å². The van der Waals surface area contributed by atoms with E-state index >= 15 is 0 Å². The highest BCUT2D eigenvalue weighted by atomic mass is 19.1. The van der Waals surface area contributed by atoms with Gasteiger partial charge in [0.05, 0.1) is 13.2 Å². The quantitative estimate of drug-likeness (QED) is 0.270. The molecule has 6 heteroatoms. The lowest BCUT2D eigenvalue weighted by atomic mass is 9.93. The molecule has 0 amide bonds. The van der Waals surface area contributed by atoms with E-state index in [2.05, 4.69) is 10.8 Å². The normalized spacial score (nSPS) is 15.3. The SMILES string of the molecule is C#CC/C(=C\C1CCN(CCOC(c2ccc(F)cc2)c2ccc(F)cc2)CC1)C(=O)OCC. The van der Waals surface area contributed by atoms with Crippen LogP contribution in [0.3, 0.4) is 0 Å². The first kappa shape index (κ1) is 25.6. The first-order valence-electron chi connectivity index (χ1n) is 11.7. The number of halogens is 2. The number of hydrogen-bond acceptors (Lipinski definition) is 4. The van der Waals surface area contributed by atoms with Crippen LogP contribution in [0.4, 0.5) is 8.78 Å². The van der Waals surface area contributed by atoms with E-state index in [1.807, 2.05) is 6.08 Å². The van der Waals surface area contributed by atoms with Crippen LogP contribution in [0.15, 0.2) is 60.2 Å². The molecule has 34 heavy (non-hydrogen) atoms. The fourth-order valence-corrected chi connectivity index (χ4v) is 4.12. The minimum absolute atomic E-state index is 0.279. The molecule has 0 aliphatic carbocycles. The molecule has 0 radical (unpaired) electrons. The molecular formula is C28H31F2NO3. The van der Waals surface area contributed by atoms with E-state index in [-0.39, 0.29) is 29.9 Å². The molecule has 1 saturated heterocycles. The summed E-state index contributed by atoms with van der Waals surface area (Å²) in [6.07, 6.45) is 9.11. The second-order valence-corrected chi connectivity index (χ2v) is 8.33. The van der Waals surface area contributed by atoms with E-state index < -0.39 is 6.10 Å². The fourth-order valence-electron chi connectivity index (χ4n) is 4.12. The maximum atomic E-state index is 13.4. The summed E-state index contributed by atoms with van der Waals surface area (Å²) in [4.78, 5) is 14.4. The summed E-state index contributed by atoms with van der Waals surface area (Å²) in [6.45, 7) is 5.09. The molecule has 0 aromatic heterocycles. The third-order valence-corrected chi connectivity index (χ3v) is 5.94. The summed E-state index contributed by atoms with van der Waals surface area (Å²) in [5, 5.41) is 0. The Bertz CT molecular complexity index is 942. The molecule has 2 aromatic carbocycles. The molecule has 2 aromatic rings. The molecule has 0 atom stereocenters. The van der Waals surface area contributed by atoms with Crippen molar-refractivity contribution in [2.75, 3.05) is 32.8 Å². The summed E-state index contributed by atoms with van der Waals surface area (Å²) in [5.74, 6) is 1.87. The second kappa shape index (κ2) is 13.0. The van der Waals surface area contributed by atoms with Crippen LogP contribution >= 0.6 is 0 Å². The van der Waals surface area contributed by atoms with Crippen molar-refractivity contribution < 1.29 is 23.0 Å². The van der Waals surface area contributed by atoms with Gasteiger partial charge in [0.15, 0.2) is 0 Å². The first-order valence-corrected chi connectivity index (χ1v) is 11.7. The van der Waals surface area contributed by atoms with Crippen LogP contribution in [0, 0.1) is 29.9 Å². The summed E-state index contributed by atoms with van der Waals surface area (Å²) < 4.78 is 38.1. The number of piperidine rings is 1. The van der Waals surface area contributed by atoms with Crippen molar-refractivity contribution in [1.82, 2.24) is 4.90 Å². The lowest BCUT2D eigenvalue weighted by molar-refractivity contribution is -0.138. The molecular weight excluding hydrogens is 436 g/mol. The maximum absolute atomic E-state index is 13.4. The van der Waals surface area contributed by atoms with Crippen LogP contribution in [-0.2, 0) is 14.3 Å². The Balaban J connectivity index is 1.55. The van der Waals surface area contributed by atoms with Crippen molar-refractivity contribution in [3.8, 4) is 12.3 Å². The number of benzene rings is 2. The molecule has 1 aliphatic rings. The molecule has 1 aliphatic heterocycles. The van der Waals surface area contributed by atoms with Gasteiger partial charge in [-0.05, 0) is 74.2 Å². The number of ether oxygens (including phenoxy) is 2. The zero-order valence-electron chi connectivity index (χ0n) is 19.5. The van der Waals surface area contributed by atoms with Gasteiger partial charge in [-0.25, -0.2) is 13.6 Å². The largest absolute Gasteiger partial charge is 0.463 e. The van der Waals surface area contributed by atoms with Crippen LogP contribution in [0.5, 0.6) is 0 Å². The van der Waals surface area contributed by atoms with Gasteiger partial charge in [-0.3, -0.25) is 0 Å². The standard InChI is InChI=1S/C28H31F2NO3/c1-3-5-24(28(32)33-4-2)20-21-14-16-31(17-15-21)18-19-34-27(22-6-10-25(29)11-7-22)23-8-12-26(30)13-9-23/h1,6-13,20-21,27H,4-5,14-19H2,2H3/b24-20+. The highest BCUT2D eigenvalue weighted by Crippen LogP contribution is 2.27. The predicted octanol–water partition coefficient (Wildman–Crippen LogP) is 5.30. The van der Waals surface area contributed by atoms with Crippen molar-refractivity contribution in [2.45, 2.75) is 32.3 Å². The molecule has 0 unspecified atom stereocenters. The van der Waals surface area contributed by atoms with Crippen molar-refractivity contribution >= 4 is 5.97 Å². The van der Waals surface area contributed by atoms with E-state index in [1.165, 1.54) is 24.3 Å². The van der Waals surface area contributed by atoms with Crippen LogP contribution in [0.1, 0.15) is 43.4 Å². The van der Waals surface area contributed by atoms with Gasteiger partial charge in [-0.15, -0.1) is 12.3 Å². The molecule has 0 bridgehead atoms. The van der Waals surface area contributed by atoms with Crippen molar-refractivity contribution in [2.24, 2.45) is 5.92 Å². The lowest BCUT2D eigenvalue weighted by Gasteiger charge is -2.31. The predicted molar refractivity (Wildman–Crippen MR) is 128 cm³/mol. The van der Waals surface area contributed by atoms with Crippen molar-refractivity contribution in [3.05, 3.63) is 82.9 Å². The van der Waals surface area contributed by atoms with Gasteiger partial charge < -0.3 is 14.4 Å². The van der Waals surface area contributed by atoms with Crippen molar-refractivity contribution in [3.63, 3.8) is 0 Å². The Morgan fingerprint density at radius 1 is 1.09 bits per heavy atom. The number of hydrogen-bond donors (Lipinski definition) is 0. The summed E-state index contributed by atoms with van der Waals surface area (Å²) in [6, 6.07) is 12.4. The Kier molecular flexibility index (Phi) is 9.81. The van der Waals surface area contributed by atoms with Crippen LogP contribution in [0.25, 0.3) is 0 Å². The third kappa shape index (κ3) is 7.51.